The largest absolute Gasteiger partial charge is 0.456 e. The smallest absolute Gasteiger partial charge is 0.250 e. The molecule has 0 spiro atoms. The van der Waals surface area contributed by atoms with Crippen LogP contribution in [0.5, 0.6) is 11.5 Å². The van der Waals surface area contributed by atoms with E-state index in [4.69, 9.17) is 22.1 Å². The third-order valence-electron chi connectivity index (χ3n) is 3.68. The SMILES string of the molecule is Cn1c(-c2ccc(Oc3ccc(F)c(Cl)c3)cn2)c(C(N)=O)ccc1=O. The third-order valence-corrected chi connectivity index (χ3v) is 3.97. The predicted octanol–water partition coefficient (Wildman–Crippen LogP) is 3.13. The van der Waals surface area contributed by atoms with E-state index in [0.717, 1.165) is 0 Å². The minimum absolute atomic E-state index is 0.0579. The van der Waals surface area contributed by atoms with E-state index in [1.807, 2.05) is 0 Å². The Labute approximate surface area is 152 Å². The van der Waals surface area contributed by atoms with Crippen molar-refractivity contribution < 1.29 is 13.9 Å². The first-order valence-electron chi connectivity index (χ1n) is 7.46. The van der Waals surface area contributed by atoms with Gasteiger partial charge in [-0.1, -0.05) is 11.6 Å². The Morgan fingerprint density at radius 2 is 1.92 bits per heavy atom. The molecule has 2 aromatic heterocycles. The maximum Gasteiger partial charge on any atom is 0.250 e. The predicted molar refractivity (Wildman–Crippen MR) is 94.9 cm³/mol. The monoisotopic (exact) mass is 373 g/mol. The van der Waals surface area contributed by atoms with Gasteiger partial charge in [0.15, 0.2) is 0 Å². The fraction of sp³-hybridized carbons (Fsp3) is 0.0556. The van der Waals surface area contributed by atoms with E-state index in [1.54, 1.807) is 12.1 Å². The van der Waals surface area contributed by atoms with Gasteiger partial charge in [0.25, 0.3) is 11.5 Å². The summed E-state index contributed by atoms with van der Waals surface area (Å²) in [6, 6.07) is 9.78. The summed E-state index contributed by atoms with van der Waals surface area (Å²) in [4.78, 5) is 27.7. The Morgan fingerprint density at radius 1 is 1.19 bits per heavy atom. The minimum Gasteiger partial charge on any atom is -0.456 e. The standard InChI is InChI=1S/C18H13ClFN3O3/c1-23-16(24)7-4-12(18(21)25)17(23)15-6-3-11(9-22-15)26-10-2-5-14(20)13(19)8-10/h2-9H,1H3,(H2,21,25). The van der Waals surface area contributed by atoms with Crippen LogP contribution in [-0.2, 0) is 7.05 Å². The number of hydrogen-bond acceptors (Lipinski definition) is 4. The molecule has 0 unspecified atom stereocenters. The Bertz CT molecular complexity index is 1050. The lowest BCUT2D eigenvalue weighted by Crippen LogP contribution is -2.23. The molecule has 0 saturated carbocycles. The first-order chi connectivity index (χ1) is 12.4. The van der Waals surface area contributed by atoms with Crippen molar-refractivity contribution in [1.29, 1.82) is 0 Å². The molecule has 0 bridgehead atoms. The van der Waals surface area contributed by atoms with E-state index in [2.05, 4.69) is 4.98 Å². The number of pyridine rings is 2. The van der Waals surface area contributed by atoms with Gasteiger partial charge in [0, 0.05) is 19.2 Å². The molecule has 0 aliphatic rings. The van der Waals surface area contributed by atoms with Crippen molar-refractivity contribution in [3.8, 4) is 22.9 Å². The number of primary amides is 1. The lowest BCUT2D eigenvalue weighted by Gasteiger charge is -2.12. The molecule has 2 N–H and O–H groups in total. The van der Waals surface area contributed by atoms with Crippen molar-refractivity contribution in [2.24, 2.45) is 12.8 Å². The van der Waals surface area contributed by atoms with E-state index in [0.29, 0.717) is 22.9 Å². The van der Waals surface area contributed by atoms with E-state index in [1.165, 1.54) is 48.1 Å². The molecule has 0 radical (unpaired) electrons. The van der Waals surface area contributed by atoms with Gasteiger partial charge >= 0.3 is 0 Å². The number of amides is 1. The fourth-order valence-electron chi connectivity index (χ4n) is 2.40. The van der Waals surface area contributed by atoms with Crippen molar-refractivity contribution in [3.05, 3.63) is 75.4 Å². The van der Waals surface area contributed by atoms with Crippen molar-refractivity contribution in [2.75, 3.05) is 0 Å². The molecule has 3 rings (SSSR count). The summed E-state index contributed by atoms with van der Waals surface area (Å²) in [5, 5.41) is -0.0579. The van der Waals surface area contributed by atoms with Gasteiger partial charge in [0.1, 0.15) is 17.3 Å². The summed E-state index contributed by atoms with van der Waals surface area (Å²) >= 11 is 5.72. The number of nitrogens with two attached hydrogens (primary N) is 1. The maximum absolute atomic E-state index is 13.2. The van der Waals surface area contributed by atoms with Crippen molar-refractivity contribution in [2.45, 2.75) is 0 Å². The second kappa shape index (κ2) is 6.97. The number of aromatic nitrogens is 2. The molecular weight excluding hydrogens is 361 g/mol. The van der Waals surface area contributed by atoms with E-state index < -0.39 is 11.7 Å². The molecule has 0 aliphatic heterocycles. The molecule has 8 heteroatoms. The first-order valence-corrected chi connectivity index (χ1v) is 7.84. The number of nitrogens with zero attached hydrogens (tertiary/aromatic N) is 2. The Balaban J connectivity index is 1.95. The van der Waals surface area contributed by atoms with E-state index in [-0.39, 0.29) is 16.1 Å². The topological polar surface area (TPSA) is 87.2 Å². The maximum atomic E-state index is 13.2. The van der Waals surface area contributed by atoms with Gasteiger partial charge in [0.05, 0.1) is 28.2 Å². The van der Waals surface area contributed by atoms with Crippen LogP contribution in [0.4, 0.5) is 4.39 Å². The zero-order chi connectivity index (χ0) is 18.8. The molecule has 132 valence electrons. The van der Waals surface area contributed by atoms with Crippen LogP contribution in [0.25, 0.3) is 11.4 Å². The van der Waals surface area contributed by atoms with Crippen LogP contribution in [-0.4, -0.2) is 15.5 Å². The normalized spacial score (nSPS) is 10.6. The molecule has 0 atom stereocenters. The number of carbonyl (C=O) groups excluding carboxylic acids is 1. The Hall–Kier alpha value is -3.19. The first kappa shape index (κ1) is 17.6. The second-order valence-corrected chi connectivity index (χ2v) is 5.82. The summed E-state index contributed by atoms with van der Waals surface area (Å²) in [6.07, 6.45) is 1.41. The summed E-state index contributed by atoms with van der Waals surface area (Å²) in [5.74, 6) is -0.496. The van der Waals surface area contributed by atoms with Gasteiger partial charge in [-0.3, -0.25) is 14.6 Å². The van der Waals surface area contributed by atoms with Crippen molar-refractivity contribution >= 4 is 17.5 Å². The zero-order valence-electron chi connectivity index (χ0n) is 13.6. The van der Waals surface area contributed by atoms with Gasteiger partial charge in [-0.25, -0.2) is 4.39 Å². The van der Waals surface area contributed by atoms with Gasteiger partial charge in [-0.2, -0.15) is 0 Å². The second-order valence-electron chi connectivity index (χ2n) is 5.41. The zero-order valence-corrected chi connectivity index (χ0v) is 14.3. The van der Waals surface area contributed by atoms with Crippen LogP contribution in [0.15, 0.2) is 53.5 Å². The highest BCUT2D eigenvalue weighted by Crippen LogP contribution is 2.27. The fourth-order valence-corrected chi connectivity index (χ4v) is 2.57. The van der Waals surface area contributed by atoms with E-state index >= 15 is 0 Å². The molecule has 0 aliphatic carbocycles. The van der Waals surface area contributed by atoms with E-state index in [9.17, 15) is 14.0 Å². The number of halogens is 2. The summed E-state index contributed by atoms with van der Waals surface area (Å²) < 4.78 is 20.0. The van der Waals surface area contributed by atoms with Crippen molar-refractivity contribution in [1.82, 2.24) is 9.55 Å². The van der Waals surface area contributed by atoms with Gasteiger partial charge in [-0.05, 0) is 30.3 Å². The average molecular weight is 374 g/mol. The number of benzene rings is 1. The molecule has 26 heavy (non-hydrogen) atoms. The van der Waals surface area contributed by atoms with Crippen LogP contribution in [0.1, 0.15) is 10.4 Å². The molecule has 2 heterocycles. The summed E-state index contributed by atoms with van der Waals surface area (Å²) in [5.41, 5.74) is 5.95. The molecule has 3 aromatic rings. The highest BCUT2D eigenvalue weighted by atomic mass is 35.5. The van der Waals surface area contributed by atoms with Crippen LogP contribution in [0.2, 0.25) is 5.02 Å². The average Bonchev–Trinajstić information content (AvgIpc) is 2.61. The summed E-state index contributed by atoms with van der Waals surface area (Å²) in [7, 11) is 1.52. The molecule has 6 nitrogen and oxygen atoms in total. The quantitative estimate of drug-likeness (QED) is 0.761. The number of rotatable bonds is 4. The third kappa shape index (κ3) is 3.43. The van der Waals surface area contributed by atoms with Crippen LogP contribution < -0.4 is 16.0 Å². The molecule has 1 amide bonds. The Morgan fingerprint density at radius 3 is 2.54 bits per heavy atom. The molecule has 0 saturated heterocycles. The number of ether oxygens (including phenoxy) is 1. The van der Waals surface area contributed by atoms with Crippen LogP contribution >= 0.6 is 11.6 Å². The highest BCUT2D eigenvalue weighted by Gasteiger charge is 2.15. The molecule has 0 fully saturated rings. The molecule has 1 aromatic carbocycles. The van der Waals surface area contributed by atoms with Gasteiger partial charge < -0.3 is 15.0 Å². The van der Waals surface area contributed by atoms with Crippen molar-refractivity contribution in [3.63, 3.8) is 0 Å². The minimum atomic E-state index is -0.668. The van der Waals surface area contributed by atoms with Gasteiger partial charge in [-0.15, -0.1) is 0 Å². The number of hydrogen-bond donors (Lipinski definition) is 1. The van der Waals surface area contributed by atoms with Crippen LogP contribution in [0.3, 0.4) is 0 Å². The lowest BCUT2D eigenvalue weighted by molar-refractivity contribution is 0.1000. The van der Waals surface area contributed by atoms with Gasteiger partial charge in [0.2, 0.25) is 0 Å². The Kier molecular flexibility index (Phi) is 4.73. The number of carbonyl (C=O) groups is 1. The summed E-state index contributed by atoms with van der Waals surface area (Å²) in [6.45, 7) is 0. The highest BCUT2D eigenvalue weighted by molar-refractivity contribution is 6.30. The molecular formula is C18H13ClFN3O3. The lowest BCUT2D eigenvalue weighted by atomic mass is 10.1. The van der Waals surface area contributed by atoms with Crippen LogP contribution in [0, 0.1) is 5.82 Å².